The number of likely N-dealkylation sites (N-methyl/N-ethyl adjacent to an activating group) is 2. The van der Waals surface area contributed by atoms with Gasteiger partial charge in [0.2, 0.25) is 0 Å². The largest absolute Gasteiger partial charge is 0.390 e. The Morgan fingerprint density at radius 2 is 2.07 bits per heavy atom. The minimum Gasteiger partial charge on any atom is -0.390 e. The lowest BCUT2D eigenvalue weighted by Crippen LogP contribution is -2.26. The lowest BCUT2D eigenvalue weighted by atomic mass is 10.1. The van der Waals surface area contributed by atoms with Crippen molar-refractivity contribution < 1.29 is 4.74 Å². The van der Waals surface area contributed by atoms with Gasteiger partial charge in [-0.15, -0.1) is 0 Å². The van der Waals surface area contributed by atoms with Gasteiger partial charge in [-0.3, -0.25) is 0 Å². The summed E-state index contributed by atoms with van der Waals surface area (Å²) >= 11 is 0. The molecule has 154 valence electrons. The maximum absolute atomic E-state index is 6.40. The van der Waals surface area contributed by atoms with Gasteiger partial charge in [0, 0.05) is 45.2 Å². The minimum atomic E-state index is 0.0673. The highest BCUT2D eigenvalue weighted by Gasteiger charge is 2.18. The van der Waals surface area contributed by atoms with Crippen molar-refractivity contribution in [3.05, 3.63) is 46.7 Å². The smallest absolute Gasteiger partial charge is 0.105 e. The molecule has 5 N–H and O–H groups in total. The van der Waals surface area contributed by atoms with Crippen LogP contribution in [0.5, 0.6) is 0 Å². The summed E-state index contributed by atoms with van der Waals surface area (Å²) in [5.41, 5.74) is 10.7. The summed E-state index contributed by atoms with van der Waals surface area (Å²) in [6, 6.07) is 0. The summed E-state index contributed by atoms with van der Waals surface area (Å²) in [6.07, 6.45) is 8.64. The van der Waals surface area contributed by atoms with E-state index in [0.29, 0.717) is 11.9 Å². The highest BCUT2D eigenvalue weighted by Crippen LogP contribution is 2.22. The normalized spacial score (nSPS) is 21.0. The van der Waals surface area contributed by atoms with E-state index in [1.165, 1.54) is 5.57 Å². The van der Waals surface area contributed by atoms with Gasteiger partial charge < -0.3 is 31.3 Å². The third-order valence-corrected chi connectivity index (χ3v) is 4.93. The second kappa shape index (κ2) is 11.7. The van der Waals surface area contributed by atoms with Crippen molar-refractivity contribution >= 4 is 0 Å². The van der Waals surface area contributed by atoms with Crippen molar-refractivity contribution in [3.8, 4) is 0 Å². The van der Waals surface area contributed by atoms with Gasteiger partial charge in [-0.1, -0.05) is 19.1 Å². The molecular formula is C21H39N5O. The summed E-state index contributed by atoms with van der Waals surface area (Å²) in [7, 11) is 5.79. The number of allylic oxidation sites excluding steroid dienone is 4. The second-order valence-corrected chi connectivity index (χ2v) is 6.84. The van der Waals surface area contributed by atoms with Gasteiger partial charge in [0.05, 0.1) is 17.9 Å². The van der Waals surface area contributed by atoms with Crippen molar-refractivity contribution in [1.82, 2.24) is 20.9 Å². The van der Waals surface area contributed by atoms with E-state index in [0.717, 1.165) is 43.0 Å². The molecule has 0 radical (unpaired) electrons. The van der Waals surface area contributed by atoms with E-state index in [1.807, 2.05) is 46.0 Å². The molecule has 1 heterocycles. The minimum absolute atomic E-state index is 0.0673. The summed E-state index contributed by atoms with van der Waals surface area (Å²) in [5.74, 6) is 0.676. The zero-order valence-electron chi connectivity index (χ0n) is 18.1. The maximum atomic E-state index is 6.40. The number of hydrogen-bond acceptors (Lipinski definition) is 6. The summed E-state index contributed by atoms with van der Waals surface area (Å²) in [5, 5.41) is 9.68. The third kappa shape index (κ3) is 6.96. The fourth-order valence-electron chi connectivity index (χ4n) is 3.24. The number of nitrogens with two attached hydrogens (primary N) is 1. The first-order valence-corrected chi connectivity index (χ1v) is 9.88. The van der Waals surface area contributed by atoms with Crippen LogP contribution in [0.4, 0.5) is 0 Å². The molecule has 1 fully saturated rings. The van der Waals surface area contributed by atoms with Crippen LogP contribution in [0.25, 0.3) is 0 Å². The first-order valence-electron chi connectivity index (χ1n) is 9.88. The first kappa shape index (κ1) is 23.1. The summed E-state index contributed by atoms with van der Waals surface area (Å²) in [6.45, 7) is 10.3. The maximum Gasteiger partial charge on any atom is 0.105 e. The van der Waals surface area contributed by atoms with Crippen LogP contribution in [-0.2, 0) is 4.74 Å². The number of ether oxygens (including phenoxy) is 1. The molecule has 0 amide bonds. The van der Waals surface area contributed by atoms with Gasteiger partial charge in [0.15, 0.2) is 0 Å². The van der Waals surface area contributed by atoms with E-state index in [9.17, 15) is 0 Å². The summed E-state index contributed by atoms with van der Waals surface area (Å²) < 4.78 is 6.15. The van der Waals surface area contributed by atoms with Gasteiger partial charge in [0.25, 0.3) is 0 Å². The Kier molecular flexibility index (Phi) is 10.0. The van der Waals surface area contributed by atoms with Crippen LogP contribution < -0.4 is 21.7 Å². The number of hydrogen-bond donors (Lipinski definition) is 4. The molecule has 1 aliphatic rings. The molecular weight excluding hydrogens is 338 g/mol. The summed E-state index contributed by atoms with van der Waals surface area (Å²) in [4.78, 5) is 2.03. The van der Waals surface area contributed by atoms with Gasteiger partial charge in [0.1, 0.15) is 5.82 Å². The molecule has 6 nitrogen and oxygen atoms in total. The Hall–Kier alpha value is -1.92. The number of nitrogens with one attached hydrogen (secondary N) is 3. The second-order valence-electron chi connectivity index (χ2n) is 6.84. The van der Waals surface area contributed by atoms with Gasteiger partial charge in [-0.05, 0) is 45.7 Å². The van der Waals surface area contributed by atoms with E-state index in [2.05, 4.69) is 41.9 Å². The molecule has 0 spiro atoms. The molecule has 1 saturated heterocycles. The van der Waals surface area contributed by atoms with Crippen molar-refractivity contribution in [2.45, 2.75) is 52.7 Å². The highest BCUT2D eigenvalue weighted by atomic mass is 16.5. The number of nitrogens with zero attached hydrogens (tertiary/aromatic N) is 1. The predicted molar refractivity (Wildman–Crippen MR) is 115 cm³/mol. The van der Waals surface area contributed by atoms with E-state index >= 15 is 0 Å². The van der Waals surface area contributed by atoms with Crippen LogP contribution in [0.2, 0.25) is 0 Å². The van der Waals surface area contributed by atoms with Crippen LogP contribution >= 0.6 is 0 Å². The fourth-order valence-corrected chi connectivity index (χ4v) is 3.24. The molecule has 1 rings (SSSR count). The first-order chi connectivity index (χ1) is 12.9. The molecule has 2 atom stereocenters. The van der Waals surface area contributed by atoms with Gasteiger partial charge in [-0.25, -0.2) is 0 Å². The van der Waals surface area contributed by atoms with E-state index < -0.39 is 0 Å². The average Bonchev–Trinajstić information content (AvgIpc) is 3.17. The molecule has 0 aromatic carbocycles. The highest BCUT2D eigenvalue weighted by molar-refractivity contribution is 5.34. The quantitative estimate of drug-likeness (QED) is 0.438. The lowest BCUT2D eigenvalue weighted by molar-refractivity contribution is 0.0350. The Morgan fingerprint density at radius 1 is 1.37 bits per heavy atom. The van der Waals surface area contributed by atoms with Crippen LogP contribution in [0.15, 0.2) is 46.7 Å². The van der Waals surface area contributed by atoms with Crippen LogP contribution in [0, 0.1) is 0 Å². The number of rotatable bonds is 10. The van der Waals surface area contributed by atoms with Crippen molar-refractivity contribution in [2.75, 3.05) is 34.2 Å². The van der Waals surface area contributed by atoms with E-state index in [-0.39, 0.29) is 6.10 Å². The van der Waals surface area contributed by atoms with Gasteiger partial charge >= 0.3 is 0 Å². The molecule has 0 bridgehead atoms. The van der Waals surface area contributed by atoms with Crippen molar-refractivity contribution in [3.63, 3.8) is 0 Å². The average molecular weight is 378 g/mol. The fraction of sp³-hybridized carbons (Fsp3) is 0.619. The Labute approximate surface area is 165 Å². The molecule has 1 aliphatic heterocycles. The van der Waals surface area contributed by atoms with Crippen molar-refractivity contribution in [2.24, 2.45) is 5.73 Å². The Morgan fingerprint density at radius 3 is 2.56 bits per heavy atom. The molecule has 0 aliphatic carbocycles. The van der Waals surface area contributed by atoms with Crippen LogP contribution in [0.1, 0.15) is 40.5 Å². The Bertz CT molecular complexity index is 585. The lowest BCUT2D eigenvalue weighted by Gasteiger charge is -2.26. The zero-order valence-corrected chi connectivity index (χ0v) is 18.1. The Balaban J connectivity index is 2.98. The zero-order chi connectivity index (χ0) is 20.4. The monoisotopic (exact) mass is 377 g/mol. The van der Waals surface area contributed by atoms with Crippen LogP contribution in [-0.4, -0.2) is 51.3 Å². The van der Waals surface area contributed by atoms with Crippen molar-refractivity contribution in [1.29, 1.82) is 0 Å². The molecule has 27 heavy (non-hydrogen) atoms. The standard InChI is InChI=1S/C21H39N5O/c1-8-17(12-15(3)27-18-10-11-25-14-18)20(9-2)26(7)21(22)13-19(24-6)16(4)23-5/h9,12-13,15,18,23-25H,8,10-11,14,22H2,1-7H3/b17-12-,19-16-,20-9+,21-13+. The van der Waals surface area contributed by atoms with E-state index in [4.69, 9.17) is 10.5 Å². The molecule has 0 aromatic rings. The SMILES string of the molecule is C/C=C(\C(=C/C(C)OC1CCNC1)CC)N(C)/C(N)=C/C(NC)=C(\C)NC. The third-order valence-electron chi connectivity index (χ3n) is 4.93. The van der Waals surface area contributed by atoms with Gasteiger partial charge in [-0.2, -0.15) is 0 Å². The van der Waals surface area contributed by atoms with Crippen LogP contribution in [0.3, 0.4) is 0 Å². The molecule has 0 saturated carbocycles. The topological polar surface area (TPSA) is 74.6 Å². The molecule has 0 aromatic heterocycles. The molecule has 2 unspecified atom stereocenters. The predicted octanol–water partition coefficient (Wildman–Crippen LogP) is 2.40. The molecule has 6 heteroatoms. The van der Waals surface area contributed by atoms with E-state index in [1.54, 1.807) is 0 Å².